The zero-order valence-corrected chi connectivity index (χ0v) is 40.2. The molecule has 476 valence electrons. The number of nitrogens with two attached hydrogens (primary N) is 2. The van der Waals surface area contributed by atoms with Gasteiger partial charge in [-0.1, -0.05) is 38.1 Å². The summed E-state index contributed by atoms with van der Waals surface area (Å²) >= 11 is 0. The minimum Gasteiger partial charge on any atom is -0.457 e. The monoisotopic (exact) mass is 1300 g/mol. The van der Waals surface area contributed by atoms with Crippen LogP contribution >= 0.6 is 0 Å². The molecule has 0 spiro atoms. The highest BCUT2D eigenvalue weighted by Crippen LogP contribution is 2.65. The van der Waals surface area contributed by atoms with Crippen molar-refractivity contribution in [2.45, 2.75) is 103 Å². The molecule has 0 amide bonds. The molecule has 0 aliphatic rings. The molecule has 0 heterocycles. The molecule has 0 radical (unpaired) electrons. The molecule has 0 bridgehead atoms. The Balaban J connectivity index is 1.52. The van der Waals surface area contributed by atoms with Crippen LogP contribution in [-0.2, 0) is 5.41 Å². The Kier molecular flexibility index (Phi) is 17.9. The maximum absolute atomic E-state index is 14.6. The second-order valence-corrected chi connectivity index (χ2v) is 17.5. The molecule has 4 aromatic carbocycles. The van der Waals surface area contributed by atoms with E-state index in [9.17, 15) is 149 Å². The van der Waals surface area contributed by atoms with E-state index < -0.39 is 147 Å². The number of hydrogen-bond donors (Lipinski definition) is 2. The summed E-state index contributed by atoms with van der Waals surface area (Å²) in [7, 11) is 0. The SMILES string of the molecule is CC(C)(c1ccc(Oc2ccc(N)c(OC(F)=C(F)C(F)(F)C(F)(F)C(F)(F)C(F)(F)C(F)(F)C(F)(F)C(F)(F)F)c2)cc1)c1ccc(Oc2ccc(N)c(OC(F)=C(F)C(F)(F)C(F)(F)C(F)(F)C(F)(F)C(F)(F)C(F)(F)C(F)(F)F)c2)cc1. The summed E-state index contributed by atoms with van der Waals surface area (Å²) in [6, 6.07) is 5.63. The lowest BCUT2D eigenvalue weighted by Gasteiger charge is -2.41. The summed E-state index contributed by atoms with van der Waals surface area (Å²) in [5.74, 6) is -116. The van der Waals surface area contributed by atoms with E-state index in [0.717, 1.165) is 36.4 Å². The lowest BCUT2D eigenvalue weighted by Crippen LogP contribution is -2.72. The molecule has 4 rings (SSSR count). The van der Waals surface area contributed by atoms with Crippen LogP contribution in [0.5, 0.6) is 34.5 Å². The van der Waals surface area contributed by atoms with Crippen molar-refractivity contribution in [3.8, 4) is 34.5 Å². The number of halogens is 34. The highest BCUT2D eigenvalue weighted by atomic mass is 19.4. The van der Waals surface area contributed by atoms with Crippen LogP contribution in [0.2, 0.25) is 0 Å². The van der Waals surface area contributed by atoms with Gasteiger partial charge in [-0.25, -0.2) is 0 Å². The number of allylic oxidation sites excluding steroid dienone is 2. The van der Waals surface area contributed by atoms with Crippen molar-refractivity contribution in [1.29, 1.82) is 0 Å². The Morgan fingerprint density at radius 2 is 0.529 bits per heavy atom. The van der Waals surface area contributed by atoms with Gasteiger partial charge < -0.3 is 30.4 Å². The first-order valence-electron chi connectivity index (χ1n) is 21.3. The van der Waals surface area contributed by atoms with Crippen molar-refractivity contribution in [1.82, 2.24) is 0 Å². The van der Waals surface area contributed by atoms with Crippen molar-refractivity contribution in [2.75, 3.05) is 11.5 Å². The third kappa shape index (κ3) is 11.3. The van der Waals surface area contributed by atoms with Gasteiger partial charge in [0.25, 0.3) is 0 Å². The predicted octanol–water partition coefficient (Wildman–Crippen LogP) is 18.5. The molecule has 0 saturated heterocycles. The van der Waals surface area contributed by atoms with Crippen LogP contribution in [0.4, 0.5) is 161 Å². The van der Waals surface area contributed by atoms with Gasteiger partial charge in [0, 0.05) is 17.5 Å². The van der Waals surface area contributed by atoms with Crippen LogP contribution in [0.15, 0.2) is 109 Å². The van der Waals surface area contributed by atoms with Crippen LogP contribution in [0.3, 0.4) is 0 Å². The molecule has 4 aromatic rings. The summed E-state index contributed by atoms with van der Waals surface area (Å²) in [6.07, 6.45) is -15.9. The van der Waals surface area contributed by atoms with Crippen molar-refractivity contribution < 1.29 is 168 Å². The largest absolute Gasteiger partial charge is 0.460 e. The van der Waals surface area contributed by atoms with Crippen LogP contribution in [-0.4, -0.2) is 83.4 Å². The van der Waals surface area contributed by atoms with E-state index in [1.54, 1.807) is 0 Å². The fourth-order valence-electron chi connectivity index (χ4n) is 6.39. The number of alkyl halides is 30. The summed E-state index contributed by atoms with van der Waals surface area (Å²) in [5, 5.41) is 0. The molecule has 0 saturated carbocycles. The summed E-state index contributed by atoms with van der Waals surface area (Å²) in [5.41, 5.74) is 8.36. The molecule has 0 aliphatic heterocycles. The van der Waals surface area contributed by atoms with Gasteiger partial charge in [0.1, 0.15) is 23.0 Å². The Hall–Kier alpha value is -7.22. The van der Waals surface area contributed by atoms with E-state index in [0.29, 0.717) is 35.4 Å². The molecule has 0 aromatic heterocycles. The zero-order valence-electron chi connectivity index (χ0n) is 40.2. The number of nitrogen functional groups attached to an aromatic ring is 2. The number of ether oxygens (including phenoxy) is 4. The summed E-state index contributed by atoms with van der Waals surface area (Å²) in [6.45, 7) is 3.07. The second-order valence-electron chi connectivity index (χ2n) is 17.5. The Labute approximate surface area is 448 Å². The van der Waals surface area contributed by atoms with Gasteiger partial charge in [-0.2, -0.15) is 149 Å². The number of benzene rings is 4. The van der Waals surface area contributed by atoms with E-state index in [1.165, 1.54) is 38.1 Å². The Morgan fingerprint density at radius 1 is 0.306 bits per heavy atom. The highest BCUT2D eigenvalue weighted by molar-refractivity contribution is 5.58. The second kappa shape index (κ2) is 21.6. The third-order valence-corrected chi connectivity index (χ3v) is 11.5. The molecule has 0 atom stereocenters. The van der Waals surface area contributed by atoms with Gasteiger partial charge in [-0.15, -0.1) is 0 Å². The fourth-order valence-corrected chi connectivity index (χ4v) is 6.39. The summed E-state index contributed by atoms with van der Waals surface area (Å²) in [4.78, 5) is 0. The van der Waals surface area contributed by atoms with Crippen LogP contribution in [0.25, 0.3) is 0 Å². The first kappa shape index (κ1) is 70.3. The van der Waals surface area contributed by atoms with Gasteiger partial charge in [0.05, 0.1) is 11.4 Å². The topological polar surface area (TPSA) is 89.0 Å². The molecule has 0 fully saturated rings. The summed E-state index contributed by atoms with van der Waals surface area (Å²) < 4.78 is 483. The molecule has 0 unspecified atom stereocenters. The Morgan fingerprint density at radius 3 is 0.776 bits per heavy atom. The number of hydrogen-bond acceptors (Lipinski definition) is 6. The molecule has 0 aliphatic carbocycles. The first-order chi connectivity index (χ1) is 37.8. The minimum atomic E-state index is -8.82. The van der Waals surface area contributed by atoms with Crippen LogP contribution < -0.4 is 30.4 Å². The van der Waals surface area contributed by atoms with E-state index in [4.69, 9.17) is 20.9 Å². The lowest BCUT2D eigenvalue weighted by molar-refractivity contribution is -0.451. The van der Waals surface area contributed by atoms with Gasteiger partial charge in [-0.3, -0.25) is 0 Å². The normalized spacial score (nSPS) is 15.3. The van der Waals surface area contributed by atoms with Crippen molar-refractivity contribution in [2.24, 2.45) is 0 Å². The Bertz CT molecular complexity index is 2940. The average molecular weight is 1300 g/mol. The molecule has 4 N–H and O–H groups in total. The van der Waals surface area contributed by atoms with Crippen molar-refractivity contribution in [3.63, 3.8) is 0 Å². The molecule has 85 heavy (non-hydrogen) atoms. The van der Waals surface area contributed by atoms with Crippen molar-refractivity contribution >= 4 is 11.4 Å². The molecule has 6 nitrogen and oxygen atoms in total. The molecular formula is C45H24F34N2O4. The quantitative estimate of drug-likeness (QED) is 0.0463. The maximum Gasteiger partial charge on any atom is 0.460 e. The van der Waals surface area contributed by atoms with Gasteiger partial charge >= 0.3 is 95.4 Å². The van der Waals surface area contributed by atoms with Gasteiger partial charge in [-0.05, 0) is 59.7 Å². The molecular weight excluding hydrogens is 1280 g/mol. The van der Waals surface area contributed by atoms with E-state index >= 15 is 0 Å². The number of anilines is 2. The van der Waals surface area contributed by atoms with E-state index in [1.807, 2.05) is 0 Å². The predicted molar refractivity (Wildman–Crippen MR) is 218 cm³/mol. The highest BCUT2D eigenvalue weighted by Gasteiger charge is 2.95. The lowest BCUT2D eigenvalue weighted by atomic mass is 9.78. The first-order valence-corrected chi connectivity index (χ1v) is 21.3. The van der Waals surface area contributed by atoms with E-state index in [-0.39, 0.29) is 11.5 Å². The average Bonchev–Trinajstić information content (AvgIpc) is 0.748. The fraction of sp³-hybridized carbons (Fsp3) is 0.378. The van der Waals surface area contributed by atoms with Crippen molar-refractivity contribution in [3.05, 3.63) is 120 Å². The third-order valence-electron chi connectivity index (χ3n) is 11.5. The molecule has 40 heteroatoms. The zero-order chi connectivity index (χ0) is 66.3. The van der Waals surface area contributed by atoms with E-state index in [2.05, 4.69) is 9.47 Å². The minimum absolute atomic E-state index is 0.258. The standard InChI is InChI=1S/C45H24F34N2O4/c1-31(2,17-3-7-19(8-4-17)82-21-11-13-23(80)25(15-21)84-29(48)27(46)32(50,51)34(54,55)36(58,59)38(62,63)40(66,67)42(70,71)44(74,75)76)18-5-9-20(10-6-18)83-22-12-14-24(81)26(16-22)85-30(49)28(47)33(52,53)35(56,57)37(60,61)39(64,65)41(68,69)43(72,73)45(77,78)79/h3-16H,80-81H2,1-2H3. The van der Waals surface area contributed by atoms with Gasteiger partial charge in [0.2, 0.25) is 11.7 Å². The number of rotatable bonds is 22. The maximum atomic E-state index is 14.6. The van der Waals surface area contributed by atoms with Crippen LogP contribution in [0.1, 0.15) is 25.0 Å². The van der Waals surface area contributed by atoms with Crippen LogP contribution in [0, 0.1) is 0 Å². The smallest absolute Gasteiger partial charge is 0.457 e. The van der Waals surface area contributed by atoms with Gasteiger partial charge in [0.15, 0.2) is 11.5 Å².